The Balaban J connectivity index is 2.43. The standard InChI is InChI=1S/C20H25BrN4O5/c1-19(2,3)29-17(27)25(18(28)30-20(4,5)6)11-24-8-7-13(26)15-12(10-22)9-14(21)23-16(15)24/h9H,7-8,11H2,1-6H3. The van der Waals surface area contributed by atoms with Crippen LogP contribution >= 0.6 is 15.9 Å². The molecule has 10 heteroatoms. The molecule has 0 unspecified atom stereocenters. The first-order valence-corrected chi connectivity index (χ1v) is 10.1. The second kappa shape index (κ2) is 8.60. The molecule has 0 aliphatic carbocycles. The van der Waals surface area contributed by atoms with Crippen LogP contribution in [0.5, 0.6) is 0 Å². The highest BCUT2D eigenvalue weighted by Crippen LogP contribution is 2.30. The highest BCUT2D eigenvalue weighted by molar-refractivity contribution is 9.10. The van der Waals surface area contributed by atoms with Gasteiger partial charge in [-0.2, -0.15) is 10.2 Å². The summed E-state index contributed by atoms with van der Waals surface area (Å²) in [5.74, 6) is -0.00632. The van der Waals surface area contributed by atoms with E-state index >= 15 is 0 Å². The molecule has 1 aromatic rings. The van der Waals surface area contributed by atoms with Crippen LogP contribution in [0.1, 0.15) is 63.9 Å². The van der Waals surface area contributed by atoms with E-state index in [2.05, 4.69) is 20.9 Å². The average Bonchev–Trinajstić information content (AvgIpc) is 2.57. The fourth-order valence-electron chi connectivity index (χ4n) is 2.69. The van der Waals surface area contributed by atoms with Gasteiger partial charge in [0, 0.05) is 13.0 Å². The number of carbonyl (C=O) groups is 3. The van der Waals surface area contributed by atoms with Crippen molar-refractivity contribution in [3.8, 4) is 6.07 Å². The van der Waals surface area contributed by atoms with Crippen LogP contribution in [0, 0.1) is 11.3 Å². The quantitative estimate of drug-likeness (QED) is 0.577. The summed E-state index contributed by atoms with van der Waals surface area (Å²) in [7, 11) is 0. The number of nitriles is 1. The SMILES string of the molecule is CC(C)(C)OC(=O)N(CN1CCC(=O)c2c(C#N)cc(Br)nc21)C(=O)OC(C)(C)C. The Morgan fingerprint density at radius 2 is 1.73 bits per heavy atom. The number of hydrogen-bond acceptors (Lipinski definition) is 8. The molecule has 1 aromatic heterocycles. The van der Waals surface area contributed by atoms with E-state index in [-0.39, 0.29) is 42.4 Å². The van der Waals surface area contributed by atoms with Gasteiger partial charge in [-0.15, -0.1) is 0 Å². The Hall–Kier alpha value is -2.67. The summed E-state index contributed by atoms with van der Waals surface area (Å²) in [6, 6.07) is 3.45. The number of pyridine rings is 1. The molecular formula is C20H25BrN4O5. The fraction of sp³-hybridized carbons (Fsp3) is 0.550. The molecule has 2 amide bonds. The number of imide groups is 1. The summed E-state index contributed by atoms with van der Waals surface area (Å²) in [6.07, 6.45) is -1.65. The molecule has 9 nitrogen and oxygen atoms in total. The lowest BCUT2D eigenvalue weighted by Crippen LogP contribution is -2.50. The Bertz CT molecular complexity index is 883. The van der Waals surface area contributed by atoms with Crippen molar-refractivity contribution in [3.05, 3.63) is 21.8 Å². The van der Waals surface area contributed by atoms with Crippen LogP contribution in [0.4, 0.5) is 15.4 Å². The summed E-state index contributed by atoms with van der Waals surface area (Å²) in [6.45, 7) is 10.1. The zero-order valence-corrected chi connectivity index (χ0v) is 19.5. The Kier molecular flexibility index (Phi) is 6.76. The van der Waals surface area contributed by atoms with Crippen LogP contribution in [0.2, 0.25) is 0 Å². The monoisotopic (exact) mass is 480 g/mol. The average molecular weight is 481 g/mol. The second-order valence-electron chi connectivity index (χ2n) is 8.77. The first kappa shape index (κ1) is 23.6. The number of halogens is 1. The van der Waals surface area contributed by atoms with Crippen LogP contribution in [0.25, 0.3) is 0 Å². The topological polar surface area (TPSA) is 113 Å². The second-order valence-corrected chi connectivity index (χ2v) is 9.58. The Morgan fingerprint density at radius 3 is 2.20 bits per heavy atom. The maximum absolute atomic E-state index is 12.8. The largest absolute Gasteiger partial charge is 0.443 e. The highest BCUT2D eigenvalue weighted by Gasteiger charge is 2.36. The molecule has 0 fully saturated rings. The van der Waals surface area contributed by atoms with Gasteiger partial charge in [-0.05, 0) is 63.5 Å². The summed E-state index contributed by atoms with van der Waals surface area (Å²) >= 11 is 3.24. The third-order valence-corrected chi connectivity index (χ3v) is 4.22. The maximum atomic E-state index is 12.8. The number of nitrogens with zero attached hydrogens (tertiary/aromatic N) is 4. The van der Waals surface area contributed by atoms with Gasteiger partial charge in [-0.3, -0.25) is 4.79 Å². The normalized spacial score (nSPS) is 13.9. The van der Waals surface area contributed by atoms with Gasteiger partial charge in [0.25, 0.3) is 0 Å². The number of rotatable bonds is 2. The minimum Gasteiger partial charge on any atom is -0.443 e. The number of carbonyl (C=O) groups excluding carboxylic acids is 3. The van der Waals surface area contributed by atoms with Crippen molar-refractivity contribution in [2.45, 2.75) is 59.2 Å². The number of ketones is 1. The van der Waals surface area contributed by atoms with Crippen molar-refractivity contribution in [2.24, 2.45) is 0 Å². The number of aromatic nitrogens is 1. The van der Waals surface area contributed by atoms with Gasteiger partial charge in [0.05, 0.1) is 11.1 Å². The zero-order chi connectivity index (χ0) is 22.9. The minimum absolute atomic E-state index is 0.113. The predicted octanol–water partition coefficient (Wildman–Crippen LogP) is 4.24. The van der Waals surface area contributed by atoms with Crippen LogP contribution in [0.3, 0.4) is 0 Å². The summed E-state index contributed by atoms with van der Waals surface area (Å²) < 4.78 is 11.1. The van der Waals surface area contributed by atoms with Crippen LogP contribution in [0.15, 0.2) is 10.7 Å². The molecule has 0 N–H and O–H groups in total. The van der Waals surface area contributed by atoms with E-state index in [1.165, 1.54) is 6.07 Å². The van der Waals surface area contributed by atoms with Crippen molar-refractivity contribution in [1.82, 2.24) is 9.88 Å². The van der Waals surface area contributed by atoms with Crippen molar-refractivity contribution in [1.29, 1.82) is 5.26 Å². The van der Waals surface area contributed by atoms with E-state index in [1.807, 2.05) is 6.07 Å². The molecule has 1 aliphatic heterocycles. The molecule has 0 spiro atoms. The lowest BCUT2D eigenvalue weighted by Gasteiger charge is -2.35. The van der Waals surface area contributed by atoms with Gasteiger partial charge in [0.1, 0.15) is 34.4 Å². The number of hydrogen-bond donors (Lipinski definition) is 0. The smallest absolute Gasteiger partial charge is 0.421 e. The van der Waals surface area contributed by atoms with Crippen molar-refractivity contribution in [2.75, 3.05) is 18.1 Å². The van der Waals surface area contributed by atoms with Gasteiger partial charge in [0.2, 0.25) is 0 Å². The summed E-state index contributed by atoms with van der Waals surface area (Å²) in [4.78, 5) is 44.6. The molecule has 0 saturated heterocycles. The van der Waals surface area contributed by atoms with Crippen LogP contribution in [-0.2, 0) is 9.47 Å². The summed E-state index contributed by atoms with van der Waals surface area (Å²) in [5, 5.41) is 9.41. The molecule has 0 aromatic carbocycles. The number of fused-ring (bicyclic) bond motifs is 1. The molecule has 1 aliphatic rings. The Labute approximate surface area is 184 Å². The lowest BCUT2D eigenvalue weighted by molar-refractivity contribution is 0.00147. The van der Waals surface area contributed by atoms with Gasteiger partial charge >= 0.3 is 12.2 Å². The molecule has 30 heavy (non-hydrogen) atoms. The van der Waals surface area contributed by atoms with Crippen LogP contribution in [-0.4, -0.2) is 52.3 Å². The molecule has 0 bridgehead atoms. The molecule has 2 heterocycles. The summed E-state index contributed by atoms with van der Waals surface area (Å²) in [5.41, 5.74) is -1.33. The molecular weight excluding hydrogens is 456 g/mol. The van der Waals surface area contributed by atoms with Gasteiger partial charge in [0.15, 0.2) is 5.78 Å². The lowest BCUT2D eigenvalue weighted by atomic mass is 9.99. The van der Waals surface area contributed by atoms with Crippen molar-refractivity contribution >= 4 is 39.7 Å². The van der Waals surface area contributed by atoms with Gasteiger partial charge in [-0.1, -0.05) is 0 Å². The predicted molar refractivity (Wildman–Crippen MR) is 112 cm³/mol. The van der Waals surface area contributed by atoms with E-state index < -0.39 is 23.4 Å². The fourth-order valence-corrected chi connectivity index (χ4v) is 3.09. The molecule has 2 rings (SSSR count). The van der Waals surface area contributed by atoms with E-state index in [1.54, 1.807) is 46.4 Å². The van der Waals surface area contributed by atoms with E-state index in [0.717, 1.165) is 4.90 Å². The maximum Gasteiger partial charge on any atom is 0.421 e. The van der Waals surface area contributed by atoms with Gasteiger partial charge in [-0.25, -0.2) is 14.6 Å². The highest BCUT2D eigenvalue weighted by atomic mass is 79.9. The zero-order valence-electron chi connectivity index (χ0n) is 17.9. The molecule has 0 saturated carbocycles. The first-order valence-electron chi connectivity index (χ1n) is 9.34. The van der Waals surface area contributed by atoms with E-state index in [0.29, 0.717) is 4.60 Å². The third-order valence-electron chi connectivity index (χ3n) is 3.82. The number of ether oxygens (including phenoxy) is 2. The minimum atomic E-state index is -0.884. The molecule has 0 radical (unpaired) electrons. The van der Waals surface area contributed by atoms with E-state index in [9.17, 15) is 19.6 Å². The molecule has 162 valence electrons. The Morgan fingerprint density at radius 1 is 1.20 bits per heavy atom. The first-order chi connectivity index (χ1) is 13.7. The number of amides is 2. The van der Waals surface area contributed by atoms with Crippen molar-refractivity contribution in [3.63, 3.8) is 0 Å². The van der Waals surface area contributed by atoms with Crippen LogP contribution < -0.4 is 4.90 Å². The third kappa shape index (κ3) is 5.92. The molecule has 0 atom stereocenters. The number of Topliss-reactive ketones (excluding diaryl/α,β-unsaturated/α-hetero) is 1. The van der Waals surface area contributed by atoms with E-state index in [4.69, 9.17) is 9.47 Å². The van der Waals surface area contributed by atoms with Gasteiger partial charge < -0.3 is 14.4 Å². The number of anilines is 1. The van der Waals surface area contributed by atoms with Crippen molar-refractivity contribution < 1.29 is 23.9 Å².